The fraction of sp³-hybridized carbons (Fsp3) is 0.533. The lowest BCUT2D eigenvalue weighted by molar-refractivity contribution is 0.486. The van der Waals surface area contributed by atoms with Gasteiger partial charge in [-0.25, -0.2) is 4.98 Å². The van der Waals surface area contributed by atoms with Gasteiger partial charge in [0.25, 0.3) is 0 Å². The van der Waals surface area contributed by atoms with Gasteiger partial charge in [0.1, 0.15) is 0 Å². The third-order valence-corrected chi connectivity index (χ3v) is 5.08. The van der Waals surface area contributed by atoms with Crippen LogP contribution in [0.3, 0.4) is 0 Å². The van der Waals surface area contributed by atoms with Crippen LogP contribution in [0, 0.1) is 6.92 Å². The van der Waals surface area contributed by atoms with E-state index in [2.05, 4.69) is 31.5 Å². The molecular formula is C15H22N6S. The number of likely N-dealkylation sites (tertiary alicyclic amines) is 1. The number of aliphatic imine (C=N–C) groups is 1. The maximum atomic E-state index is 4.43. The minimum Gasteiger partial charge on any atom is -0.351 e. The summed E-state index contributed by atoms with van der Waals surface area (Å²) in [6, 6.07) is 0. The second kappa shape index (κ2) is 6.48. The first kappa shape index (κ1) is 15.0. The van der Waals surface area contributed by atoms with Crippen LogP contribution in [0.5, 0.6) is 0 Å². The second-order valence-electron chi connectivity index (χ2n) is 5.64. The first-order valence-electron chi connectivity index (χ1n) is 7.50. The maximum Gasteiger partial charge on any atom is 0.193 e. The minimum atomic E-state index is 0.539. The van der Waals surface area contributed by atoms with Crippen molar-refractivity contribution in [2.75, 3.05) is 20.1 Å². The van der Waals surface area contributed by atoms with Gasteiger partial charge < -0.3 is 10.2 Å². The van der Waals surface area contributed by atoms with E-state index in [1.807, 2.05) is 37.4 Å². The van der Waals surface area contributed by atoms with Crippen molar-refractivity contribution in [2.45, 2.75) is 25.8 Å². The second-order valence-corrected chi connectivity index (χ2v) is 6.58. The molecule has 0 aromatic carbocycles. The third-order valence-electron chi connectivity index (χ3n) is 4.15. The summed E-state index contributed by atoms with van der Waals surface area (Å²) in [5.41, 5.74) is 4.31. The molecule has 1 aliphatic rings. The van der Waals surface area contributed by atoms with E-state index in [0.717, 1.165) is 37.7 Å². The van der Waals surface area contributed by atoms with Gasteiger partial charge in [-0.05, 0) is 18.9 Å². The largest absolute Gasteiger partial charge is 0.351 e. The molecule has 3 heterocycles. The Labute approximate surface area is 134 Å². The standard InChI is InChI=1S/C15H22N6S/c1-11-14(22-10-18-11)7-17-15(16-2)21-5-4-12(9-21)13-6-19-20(3)8-13/h6,8,10,12H,4-5,7,9H2,1-3H3,(H,16,17). The summed E-state index contributed by atoms with van der Waals surface area (Å²) in [6.07, 6.45) is 5.24. The van der Waals surface area contributed by atoms with Crippen LogP contribution in [0.4, 0.5) is 0 Å². The molecule has 1 N–H and O–H groups in total. The summed E-state index contributed by atoms with van der Waals surface area (Å²) in [4.78, 5) is 12.3. The Bertz CT molecular complexity index is 659. The van der Waals surface area contributed by atoms with Gasteiger partial charge in [-0.15, -0.1) is 11.3 Å². The number of aryl methyl sites for hydroxylation is 2. The molecule has 7 heteroatoms. The highest BCUT2D eigenvalue weighted by Crippen LogP contribution is 2.26. The molecule has 0 spiro atoms. The molecule has 2 aromatic heterocycles. The van der Waals surface area contributed by atoms with Crippen LogP contribution in [0.2, 0.25) is 0 Å². The first-order chi connectivity index (χ1) is 10.7. The Hall–Kier alpha value is -1.89. The van der Waals surface area contributed by atoms with Gasteiger partial charge in [0, 0.05) is 44.2 Å². The lowest BCUT2D eigenvalue weighted by Crippen LogP contribution is -2.39. The lowest BCUT2D eigenvalue weighted by Gasteiger charge is -2.21. The van der Waals surface area contributed by atoms with E-state index >= 15 is 0 Å². The smallest absolute Gasteiger partial charge is 0.193 e. The van der Waals surface area contributed by atoms with E-state index < -0.39 is 0 Å². The molecule has 1 fully saturated rings. The van der Waals surface area contributed by atoms with E-state index in [1.54, 1.807) is 11.3 Å². The van der Waals surface area contributed by atoms with Crippen molar-refractivity contribution >= 4 is 17.3 Å². The topological polar surface area (TPSA) is 58.3 Å². The van der Waals surface area contributed by atoms with Crippen molar-refractivity contribution in [2.24, 2.45) is 12.0 Å². The van der Waals surface area contributed by atoms with Gasteiger partial charge in [0.05, 0.1) is 23.9 Å². The first-order valence-corrected chi connectivity index (χ1v) is 8.38. The van der Waals surface area contributed by atoms with E-state index in [1.165, 1.54) is 10.4 Å². The molecule has 1 saturated heterocycles. The normalized spacial score (nSPS) is 19.0. The van der Waals surface area contributed by atoms with Crippen molar-refractivity contribution in [1.82, 2.24) is 25.0 Å². The average Bonchev–Trinajstić information content (AvgIpc) is 3.22. The van der Waals surface area contributed by atoms with Gasteiger partial charge in [0.15, 0.2) is 5.96 Å². The van der Waals surface area contributed by atoms with E-state index in [4.69, 9.17) is 0 Å². The zero-order valence-electron chi connectivity index (χ0n) is 13.3. The van der Waals surface area contributed by atoms with Gasteiger partial charge in [-0.1, -0.05) is 0 Å². The number of rotatable bonds is 3. The van der Waals surface area contributed by atoms with Crippen molar-refractivity contribution in [3.8, 4) is 0 Å². The highest BCUT2D eigenvalue weighted by atomic mass is 32.1. The Morgan fingerprint density at radius 2 is 2.41 bits per heavy atom. The van der Waals surface area contributed by atoms with Crippen molar-refractivity contribution < 1.29 is 0 Å². The maximum absolute atomic E-state index is 4.43. The fourth-order valence-electron chi connectivity index (χ4n) is 2.86. The van der Waals surface area contributed by atoms with Gasteiger partial charge in [-0.2, -0.15) is 5.10 Å². The molecule has 6 nitrogen and oxygen atoms in total. The van der Waals surface area contributed by atoms with Crippen LogP contribution in [0.25, 0.3) is 0 Å². The van der Waals surface area contributed by atoms with Gasteiger partial charge in [0.2, 0.25) is 0 Å². The summed E-state index contributed by atoms with van der Waals surface area (Å²) in [5, 5.41) is 7.74. The van der Waals surface area contributed by atoms with Crippen molar-refractivity contribution in [1.29, 1.82) is 0 Å². The van der Waals surface area contributed by atoms with Gasteiger partial charge in [-0.3, -0.25) is 9.67 Å². The molecule has 1 atom stereocenters. The van der Waals surface area contributed by atoms with E-state index in [-0.39, 0.29) is 0 Å². The van der Waals surface area contributed by atoms with Crippen molar-refractivity contribution in [3.05, 3.63) is 34.0 Å². The predicted molar refractivity (Wildman–Crippen MR) is 89.2 cm³/mol. The summed E-state index contributed by atoms with van der Waals surface area (Å²) in [6.45, 7) is 4.86. The Balaban J connectivity index is 1.59. The minimum absolute atomic E-state index is 0.539. The van der Waals surface area contributed by atoms with Crippen LogP contribution in [-0.2, 0) is 13.6 Å². The van der Waals surface area contributed by atoms with Gasteiger partial charge >= 0.3 is 0 Å². The van der Waals surface area contributed by atoms with Crippen LogP contribution in [0.1, 0.15) is 28.5 Å². The highest BCUT2D eigenvalue weighted by Gasteiger charge is 2.26. The molecule has 0 saturated carbocycles. The summed E-state index contributed by atoms with van der Waals surface area (Å²) >= 11 is 1.69. The Morgan fingerprint density at radius 1 is 1.55 bits per heavy atom. The molecule has 0 amide bonds. The molecule has 0 bridgehead atoms. The monoisotopic (exact) mass is 318 g/mol. The van der Waals surface area contributed by atoms with Crippen LogP contribution in [0.15, 0.2) is 22.9 Å². The molecule has 2 aromatic rings. The Kier molecular flexibility index (Phi) is 4.42. The molecule has 118 valence electrons. The number of nitrogens with one attached hydrogen (secondary N) is 1. The molecule has 0 radical (unpaired) electrons. The summed E-state index contributed by atoms with van der Waals surface area (Å²) in [7, 11) is 3.81. The zero-order valence-corrected chi connectivity index (χ0v) is 14.1. The fourth-order valence-corrected chi connectivity index (χ4v) is 3.58. The lowest BCUT2D eigenvalue weighted by atomic mass is 10.0. The molecule has 1 unspecified atom stereocenters. The highest BCUT2D eigenvalue weighted by molar-refractivity contribution is 7.09. The quantitative estimate of drug-likeness (QED) is 0.692. The number of aromatic nitrogens is 3. The molecule has 3 rings (SSSR count). The third kappa shape index (κ3) is 3.14. The SMILES string of the molecule is CN=C(NCc1scnc1C)N1CCC(c2cnn(C)c2)C1. The van der Waals surface area contributed by atoms with Crippen LogP contribution >= 0.6 is 11.3 Å². The molecule has 22 heavy (non-hydrogen) atoms. The molecule has 1 aliphatic heterocycles. The average molecular weight is 318 g/mol. The summed E-state index contributed by atoms with van der Waals surface area (Å²) in [5.74, 6) is 1.51. The van der Waals surface area contributed by atoms with Crippen LogP contribution < -0.4 is 5.32 Å². The zero-order chi connectivity index (χ0) is 15.5. The number of nitrogens with zero attached hydrogens (tertiary/aromatic N) is 5. The predicted octanol–water partition coefficient (Wildman–Crippen LogP) is 1.75. The number of hydrogen-bond donors (Lipinski definition) is 1. The number of thiazole rings is 1. The van der Waals surface area contributed by atoms with E-state index in [9.17, 15) is 0 Å². The molecule has 0 aliphatic carbocycles. The van der Waals surface area contributed by atoms with E-state index in [0.29, 0.717) is 5.92 Å². The molecular weight excluding hydrogens is 296 g/mol. The summed E-state index contributed by atoms with van der Waals surface area (Å²) < 4.78 is 1.87. The number of guanidine groups is 1. The van der Waals surface area contributed by atoms with Crippen molar-refractivity contribution in [3.63, 3.8) is 0 Å². The Morgan fingerprint density at radius 3 is 3.05 bits per heavy atom. The number of hydrogen-bond acceptors (Lipinski definition) is 4. The van der Waals surface area contributed by atoms with Crippen LogP contribution in [-0.4, -0.2) is 45.8 Å².